The Hall–Kier alpha value is -1.03. The van der Waals surface area contributed by atoms with Crippen LogP contribution in [0.4, 0.5) is 0 Å². The molecule has 1 fully saturated rings. The van der Waals surface area contributed by atoms with E-state index < -0.39 is 5.97 Å². The van der Waals surface area contributed by atoms with E-state index in [0.717, 1.165) is 6.54 Å². The summed E-state index contributed by atoms with van der Waals surface area (Å²) in [5, 5.41) is 10.6. The van der Waals surface area contributed by atoms with Gasteiger partial charge in [-0.1, -0.05) is 0 Å². The normalized spacial score (nSPS) is 24.5. The van der Waals surface area contributed by atoms with E-state index in [1.54, 1.807) is 6.08 Å². The second kappa shape index (κ2) is 2.23. The zero-order valence-corrected chi connectivity index (χ0v) is 6.08. The predicted molar refractivity (Wildman–Crippen MR) is 38.6 cm³/mol. The van der Waals surface area contributed by atoms with Crippen molar-refractivity contribution < 1.29 is 9.90 Å². The highest BCUT2D eigenvalue weighted by molar-refractivity contribution is 5.86. The van der Waals surface area contributed by atoms with E-state index in [1.807, 2.05) is 5.01 Å². The van der Waals surface area contributed by atoms with E-state index in [1.165, 1.54) is 12.8 Å². The number of rotatable bonds is 2. The molecular formula is C7H10N2O2. The van der Waals surface area contributed by atoms with E-state index in [-0.39, 0.29) is 0 Å². The Morgan fingerprint density at radius 3 is 2.91 bits per heavy atom. The van der Waals surface area contributed by atoms with Gasteiger partial charge in [0.05, 0.1) is 0 Å². The lowest BCUT2D eigenvalue weighted by atomic mass is 10.4. The average Bonchev–Trinajstić information content (AvgIpc) is 2.68. The van der Waals surface area contributed by atoms with Crippen LogP contribution in [0.15, 0.2) is 11.8 Å². The molecule has 0 bridgehead atoms. The van der Waals surface area contributed by atoms with Gasteiger partial charge in [0.15, 0.2) is 0 Å². The molecule has 4 nitrogen and oxygen atoms in total. The first-order chi connectivity index (χ1) is 5.27. The first kappa shape index (κ1) is 6.67. The van der Waals surface area contributed by atoms with Gasteiger partial charge in [-0.15, -0.1) is 0 Å². The molecule has 2 aliphatic rings. The van der Waals surface area contributed by atoms with Gasteiger partial charge in [-0.3, -0.25) is 0 Å². The van der Waals surface area contributed by atoms with Crippen LogP contribution in [-0.4, -0.2) is 28.7 Å². The monoisotopic (exact) mass is 154 g/mol. The quantitative estimate of drug-likeness (QED) is 0.585. The Morgan fingerprint density at radius 2 is 2.45 bits per heavy atom. The molecule has 0 aromatic rings. The molecular weight excluding hydrogens is 144 g/mol. The molecule has 0 spiro atoms. The van der Waals surface area contributed by atoms with Crippen molar-refractivity contribution in [2.75, 3.05) is 6.54 Å². The van der Waals surface area contributed by atoms with Gasteiger partial charge in [0.2, 0.25) is 0 Å². The van der Waals surface area contributed by atoms with Gasteiger partial charge >= 0.3 is 5.97 Å². The lowest BCUT2D eigenvalue weighted by Gasteiger charge is -2.15. The Labute approximate surface area is 64.5 Å². The van der Waals surface area contributed by atoms with Gasteiger partial charge < -0.3 is 10.5 Å². The fraction of sp³-hybridized carbons (Fsp3) is 0.571. The number of hydrogen-bond acceptors (Lipinski definition) is 3. The maximum Gasteiger partial charge on any atom is 0.353 e. The maximum absolute atomic E-state index is 10.4. The van der Waals surface area contributed by atoms with E-state index in [4.69, 9.17) is 5.11 Å². The lowest BCUT2D eigenvalue weighted by molar-refractivity contribution is -0.133. The van der Waals surface area contributed by atoms with Crippen LogP contribution in [0.3, 0.4) is 0 Å². The van der Waals surface area contributed by atoms with Crippen LogP contribution in [-0.2, 0) is 4.79 Å². The van der Waals surface area contributed by atoms with E-state index >= 15 is 0 Å². The first-order valence-electron chi connectivity index (χ1n) is 3.74. The van der Waals surface area contributed by atoms with Crippen LogP contribution >= 0.6 is 0 Å². The number of nitrogens with zero attached hydrogens (tertiary/aromatic N) is 1. The molecule has 0 amide bonds. The average molecular weight is 154 g/mol. The summed E-state index contributed by atoms with van der Waals surface area (Å²) in [7, 11) is 0. The predicted octanol–water partition coefficient (Wildman–Crippen LogP) is -0.0625. The summed E-state index contributed by atoms with van der Waals surface area (Å²) >= 11 is 0. The minimum absolute atomic E-state index is 0.317. The molecule has 0 unspecified atom stereocenters. The number of nitrogens with one attached hydrogen (secondary N) is 1. The van der Waals surface area contributed by atoms with Gasteiger partial charge in [0.1, 0.15) is 5.70 Å². The highest BCUT2D eigenvalue weighted by atomic mass is 16.4. The zero-order chi connectivity index (χ0) is 7.84. The maximum atomic E-state index is 10.4. The minimum atomic E-state index is -0.867. The van der Waals surface area contributed by atoms with Crippen molar-refractivity contribution in [1.29, 1.82) is 0 Å². The molecule has 0 saturated heterocycles. The van der Waals surface area contributed by atoms with Gasteiger partial charge in [0, 0.05) is 12.6 Å². The number of carbonyl (C=O) groups is 1. The van der Waals surface area contributed by atoms with Crippen LogP contribution in [0, 0.1) is 0 Å². The molecule has 2 N–H and O–H groups in total. The fourth-order valence-corrected chi connectivity index (χ4v) is 1.20. The van der Waals surface area contributed by atoms with Gasteiger partial charge in [-0.2, -0.15) is 0 Å². The summed E-state index contributed by atoms with van der Waals surface area (Å²) in [4.78, 5) is 10.4. The van der Waals surface area contributed by atoms with Crippen molar-refractivity contribution in [3.8, 4) is 0 Å². The Balaban J connectivity index is 1.93. The van der Waals surface area contributed by atoms with Gasteiger partial charge in [-0.05, 0) is 18.9 Å². The van der Waals surface area contributed by atoms with E-state index in [9.17, 15) is 4.79 Å². The molecule has 1 aliphatic carbocycles. The van der Waals surface area contributed by atoms with Crippen molar-refractivity contribution in [1.82, 2.24) is 10.4 Å². The number of hydrogen-bond donors (Lipinski definition) is 2. The molecule has 0 aromatic heterocycles. The van der Waals surface area contributed by atoms with Crippen molar-refractivity contribution in [2.24, 2.45) is 0 Å². The molecule has 11 heavy (non-hydrogen) atoms. The summed E-state index contributed by atoms with van der Waals surface area (Å²) < 4.78 is 0. The van der Waals surface area contributed by atoms with Gasteiger partial charge in [-0.25, -0.2) is 9.80 Å². The standard InChI is InChI=1S/C7H10N2O2/c10-7(11)6-3-4-9(8-6)5-1-2-5/h3,5,8H,1-2,4H2,(H,10,11). The van der Waals surface area contributed by atoms with Crippen molar-refractivity contribution in [3.05, 3.63) is 11.8 Å². The molecule has 0 atom stereocenters. The number of hydrazine groups is 1. The SMILES string of the molecule is O=C(O)C1=CCN(C2CC2)N1. The molecule has 60 valence electrons. The summed E-state index contributed by atoms with van der Waals surface area (Å²) in [5.74, 6) is -0.867. The summed E-state index contributed by atoms with van der Waals surface area (Å²) in [6, 6.07) is 0.572. The molecule has 1 aliphatic heterocycles. The van der Waals surface area contributed by atoms with Crippen molar-refractivity contribution in [2.45, 2.75) is 18.9 Å². The van der Waals surface area contributed by atoms with Crippen LogP contribution < -0.4 is 5.43 Å². The molecule has 0 aromatic carbocycles. The van der Waals surface area contributed by atoms with Crippen LogP contribution in [0.25, 0.3) is 0 Å². The molecule has 4 heteroatoms. The lowest BCUT2D eigenvalue weighted by Crippen LogP contribution is -2.35. The third-order valence-electron chi connectivity index (χ3n) is 1.97. The highest BCUT2D eigenvalue weighted by Crippen LogP contribution is 2.27. The Morgan fingerprint density at radius 1 is 1.73 bits per heavy atom. The summed E-state index contributed by atoms with van der Waals surface area (Å²) in [5.41, 5.74) is 3.16. The van der Waals surface area contributed by atoms with Crippen molar-refractivity contribution in [3.63, 3.8) is 0 Å². The number of carboxylic acids is 1. The smallest absolute Gasteiger partial charge is 0.353 e. The van der Waals surface area contributed by atoms with E-state index in [2.05, 4.69) is 5.43 Å². The molecule has 1 heterocycles. The number of carboxylic acid groups (broad SMARTS) is 1. The van der Waals surface area contributed by atoms with Gasteiger partial charge in [0.25, 0.3) is 0 Å². The topological polar surface area (TPSA) is 52.6 Å². The second-order valence-corrected chi connectivity index (χ2v) is 2.92. The second-order valence-electron chi connectivity index (χ2n) is 2.92. The molecule has 1 saturated carbocycles. The first-order valence-corrected chi connectivity index (χ1v) is 3.74. The largest absolute Gasteiger partial charge is 0.477 e. The van der Waals surface area contributed by atoms with Crippen LogP contribution in [0.1, 0.15) is 12.8 Å². The summed E-state index contributed by atoms with van der Waals surface area (Å²) in [6.45, 7) is 0.728. The third-order valence-corrected chi connectivity index (χ3v) is 1.97. The van der Waals surface area contributed by atoms with Crippen LogP contribution in [0.5, 0.6) is 0 Å². The fourth-order valence-electron chi connectivity index (χ4n) is 1.20. The van der Waals surface area contributed by atoms with E-state index in [0.29, 0.717) is 11.7 Å². The minimum Gasteiger partial charge on any atom is -0.477 e. The number of aliphatic carboxylic acids is 1. The van der Waals surface area contributed by atoms with Crippen molar-refractivity contribution >= 4 is 5.97 Å². The molecule has 0 radical (unpaired) electrons. The summed E-state index contributed by atoms with van der Waals surface area (Å²) in [6.07, 6.45) is 4.09. The Bertz CT molecular complexity index is 220. The highest BCUT2D eigenvalue weighted by Gasteiger charge is 2.32. The Kier molecular flexibility index (Phi) is 1.35. The molecule has 2 rings (SSSR count). The van der Waals surface area contributed by atoms with Crippen LogP contribution in [0.2, 0.25) is 0 Å². The zero-order valence-electron chi connectivity index (χ0n) is 6.08. The third kappa shape index (κ3) is 1.21.